The van der Waals surface area contributed by atoms with E-state index in [2.05, 4.69) is 383 Å². The molecular formula is C125H106B2Cl2N6O2. The molecule has 6 aliphatic heterocycles. The van der Waals surface area contributed by atoms with Crippen molar-refractivity contribution >= 4 is 192 Å². The van der Waals surface area contributed by atoms with Gasteiger partial charge in [0.1, 0.15) is 11.2 Å². The van der Waals surface area contributed by atoms with Crippen molar-refractivity contribution in [3.05, 3.63) is 358 Å². The largest absolute Gasteiger partial charge is 0.454 e. The number of anilines is 10. The summed E-state index contributed by atoms with van der Waals surface area (Å²) in [5.74, 6) is 0. The molecule has 668 valence electrons. The van der Waals surface area contributed by atoms with Crippen LogP contribution in [0.4, 0.5) is 56.9 Å². The van der Waals surface area contributed by atoms with E-state index in [1.54, 1.807) is 11.1 Å². The molecule has 0 bridgehead atoms. The van der Waals surface area contributed by atoms with Gasteiger partial charge in [-0.15, -0.1) is 0 Å². The second kappa shape index (κ2) is 27.9. The molecular weight excluding hydrogens is 1710 g/mol. The normalized spacial score (nSPS) is 23.0. The van der Waals surface area contributed by atoms with Gasteiger partial charge in [0.15, 0.2) is 11.2 Å². The molecule has 6 atom stereocenters. The predicted molar refractivity (Wildman–Crippen MR) is 575 cm³/mol. The topological polar surface area (TPSA) is 49.1 Å². The van der Waals surface area contributed by atoms with Crippen LogP contribution in [0.1, 0.15) is 191 Å². The number of benzene rings is 15. The van der Waals surface area contributed by atoms with Crippen molar-refractivity contribution in [1.82, 2.24) is 9.13 Å². The van der Waals surface area contributed by atoms with Crippen molar-refractivity contribution in [2.24, 2.45) is 5.41 Å². The molecule has 31 rings (SSSR count). The summed E-state index contributed by atoms with van der Waals surface area (Å²) in [6, 6.07) is 114. The van der Waals surface area contributed by atoms with Crippen LogP contribution >= 0.6 is 23.2 Å². The van der Waals surface area contributed by atoms with Gasteiger partial charge in [-0.2, -0.15) is 0 Å². The Hall–Kier alpha value is -13.1. The van der Waals surface area contributed by atoms with Gasteiger partial charge in [0.2, 0.25) is 0 Å². The van der Waals surface area contributed by atoms with Crippen LogP contribution in [0.2, 0.25) is 10.0 Å². The number of halogens is 2. The Bertz CT molecular complexity index is 8600. The number of aromatic nitrogens is 2. The Morgan fingerprint density at radius 2 is 0.686 bits per heavy atom. The van der Waals surface area contributed by atoms with Crippen LogP contribution < -0.4 is 52.4 Å². The minimum atomic E-state index is -0.189. The molecule has 6 unspecified atom stereocenters. The quantitative estimate of drug-likeness (QED) is 0.164. The molecule has 19 aromatic rings. The highest BCUT2D eigenvalue weighted by molar-refractivity contribution is 7.01. The molecule has 0 radical (unpaired) electrons. The van der Waals surface area contributed by atoms with E-state index in [1.165, 1.54) is 221 Å². The molecule has 10 heterocycles. The summed E-state index contributed by atoms with van der Waals surface area (Å²) in [4.78, 5) is 10.6. The molecule has 12 aliphatic rings. The minimum Gasteiger partial charge on any atom is -0.454 e. The number of rotatable bonds is 4. The highest BCUT2D eigenvalue weighted by Gasteiger charge is 2.61. The van der Waals surface area contributed by atoms with Gasteiger partial charge >= 0.3 is 0 Å². The fourth-order valence-corrected chi connectivity index (χ4v) is 31.0. The number of para-hydroxylation sites is 8. The summed E-state index contributed by atoms with van der Waals surface area (Å²) >= 11 is 14.0. The zero-order valence-electron chi connectivity index (χ0n) is 79.5. The van der Waals surface area contributed by atoms with Crippen molar-refractivity contribution in [1.29, 1.82) is 0 Å². The first-order valence-electron chi connectivity index (χ1n) is 50.3. The van der Waals surface area contributed by atoms with Crippen molar-refractivity contribution in [2.45, 2.75) is 191 Å². The van der Waals surface area contributed by atoms with Crippen LogP contribution in [0.15, 0.2) is 312 Å². The lowest BCUT2D eigenvalue weighted by Gasteiger charge is -2.51. The van der Waals surface area contributed by atoms with E-state index in [0.717, 1.165) is 85.2 Å². The van der Waals surface area contributed by atoms with Crippen molar-refractivity contribution in [3.63, 3.8) is 0 Å². The number of fused-ring (bicyclic) bond motifs is 33. The summed E-state index contributed by atoms with van der Waals surface area (Å²) < 4.78 is 19.0. The van der Waals surface area contributed by atoms with E-state index < -0.39 is 0 Å². The number of furan rings is 2. The zero-order valence-corrected chi connectivity index (χ0v) is 81.0. The summed E-state index contributed by atoms with van der Waals surface area (Å²) in [5, 5.41) is 8.50. The average Bonchev–Trinajstić information content (AvgIpc) is 1.51. The Balaban J connectivity index is 0.000000123. The predicted octanol–water partition coefficient (Wildman–Crippen LogP) is 29.8. The third-order valence-electron chi connectivity index (χ3n) is 37.5. The highest BCUT2D eigenvalue weighted by Crippen LogP contribution is 2.67. The minimum absolute atomic E-state index is 0.000224. The molecule has 0 saturated heterocycles. The van der Waals surface area contributed by atoms with Gasteiger partial charge in [0.25, 0.3) is 13.4 Å². The molecule has 0 spiro atoms. The maximum absolute atomic E-state index is 7.17. The maximum Gasteiger partial charge on any atom is 0.252 e. The molecule has 0 N–H and O–H groups in total. The number of hydrogen-bond acceptors (Lipinski definition) is 6. The van der Waals surface area contributed by atoms with Gasteiger partial charge in [-0.25, -0.2) is 0 Å². The van der Waals surface area contributed by atoms with E-state index >= 15 is 0 Å². The van der Waals surface area contributed by atoms with Gasteiger partial charge in [0, 0.05) is 143 Å². The van der Waals surface area contributed by atoms with Gasteiger partial charge in [-0.05, 0) is 232 Å². The third kappa shape index (κ3) is 10.2. The van der Waals surface area contributed by atoms with E-state index in [1.807, 2.05) is 18.2 Å². The Kier molecular flexibility index (Phi) is 16.5. The van der Waals surface area contributed by atoms with Crippen LogP contribution in [0.25, 0.3) is 99.6 Å². The smallest absolute Gasteiger partial charge is 0.252 e. The Morgan fingerprint density at radius 1 is 0.292 bits per heavy atom. The molecule has 0 amide bonds. The molecule has 3 fully saturated rings. The van der Waals surface area contributed by atoms with Crippen LogP contribution in [-0.2, 0) is 33.5 Å². The summed E-state index contributed by atoms with van der Waals surface area (Å²) in [6.07, 6.45) is 16.6. The van der Waals surface area contributed by atoms with Gasteiger partial charge in [-0.3, -0.25) is 0 Å². The second-order valence-electron chi connectivity index (χ2n) is 44.5. The highest BCUT2D eigenvalue weighted by atomic mass is 35.5. The molecule has 137 heavy (non-hydrogen) atoms. The molecule has 6 aliphatic carbocycles. The van der Waals surface area contributed by atoms with Crippen molar-refractivity contribution in [3.8, 4) is 33.9 Å². The first kappa shape index (κ1) is 81.1. The lowest BCUT2D eigenvalue weighted by atomic mass is 9.33. The average molecular weight is 1820 g/mol. The van der Waals surface area contributed by atoms with Crippen LogP contribution in [0.3, 0.4) is 0 Å². The first-order chi connectivity index (χ1) is 66.5. The van der Waals surface area contributed by atoms with Gasteiger partial charge in [0.05, 0.1) is 33.8 Å². The van der Waals surface area contributed by atoms with E-state index in [9.17, 15) is 0 Å². The Morgan fingerprint density at radius 3 is 1.25 bits per heavy atom. The molecule has 8 nitrogen and oxygen atoms in total. The lowest BCUT2D eigenvalue weighted by molar-refractivity contribution is 0.110. The number of hydrogen-bond donors (Lipinski definition) is 0. The summed E-state index contributed by atoms with van der Waals surface area (Å²) in [5.41, 5.74) is 45.6. The fourth-order valence-electron chi connectivity index (χ4n) is 30.6. The van der Waals surface area contributed by atoms with E-state index in [0.29, 0.717) is 20.9 Å². The molecule has 12 heteroatoms. The van der Waals surface area contributed by atoms with Crippen LogP contribution in [-0.4, -0.2) is 33.6 Å². The van der Waals surface area contributed by atoms with Crippen molar-refractivity contribution in [2.75, 3.05) is 19.6 Å². The first-order valence-corrected chi connectivity index (χ1v) is 51.1. The SMILES string of the molecule is CC1(C)c2ccccc2-c2c1c1cccc3c1n2-c1cc(Cl)cc2c1B3c1ccc(Cl)cc1N2c1cccc2c1oc1ccccc12.CC1(C)c2ccccc2-c2c1c1cccc3c1n2-c1cc(N2c4ccccc4C4(C)CCCCC24C)cc2c1B3c1ccc(N3c4ccccc4C4(C)CCCCC34C)cc1N2c1cccc2c1oc1ccccc12.CC12CCCCC1(C)c1ccccc1C2. The number of nitrogens with zero attached hydrogens (tertiary/aromatic N) is 6. The second-order valence-corrected chi connectivity index (χ2v) is 45.3. The standard InChI is InChI=1S/C69H61BN4O.C41H25BCl2N2O.C15H20/c1-65(2)48-25-9-7-22-46(48)63-60(65)47-24-19-28-52-62(47)72(63)58-41-43(74-54-30-13-11-27-50(54)67(4)36-16-18-38-69(67,74)6)40-57-61(58)70(52)51-34-33-42(73-53-29-12-10-26-49(53)66(3)35-15-17-37-68(66,73)5)39-56(51)71(57)55-31-20-23-45-44-21-8-14-32-59(44)75-64(45)55;1-41(2)28-13-5-3-10-26(28)39-36(41)27-12-7-14-30-38(27)46(39)34-21-23(44)20-33-37(34)42(30)29-18-17-22(43)19-32(29)45(33)31-15-8-11-25-24-9-4-6-16-35(24)47-40(25)31;1-14-9-5-6-10-15(14,2)13-8-4-3-7-12(13)11-14/h7-14,19-34,39-41H,15-18,35-38H2,1-6H3;3-21H,1-2H3;3-4,7-8H,5-6,9-11H2,1-2H3. The molecule has 3 saturated carbocycles. The fraction of sp³-hybridized carbons (Fsp3) is 0.248. The van der Waals surface area contributed by atoms with E-state index in [-0.39, 0.29) is 46.2 Å². The van der Waals surface area contributed by atoms with Crippen LogP contribution in [0.5, 0.6) is 0 Å². The molecule has 15 aromatic carbocycles. The van der Waals surface area contributed by atoms with Gasteiger partial charge < -0.3 is 37.6 Å². The van der Waals surface area contributed by atoms with E-state index in [4.69, 9.17) is 32.0 Å². The zero-order chi connectivity index (χ0) is 92.0. The Labute approximate surface area is 811 Å². The monoisotopic (exact) mass is 1810 g/mol. The van der Waals surface area contributed by atoms with Crippen LogP contribution in [0, 0.1) is 5.41 Å². The summed E-state index contributed by atoms with van der Waals surface area (Å²) in [7, 11) is 0. The van der Waals surface area contributed by atoms with Crippen molar-refractivity contribution < 1.29 is 8.83 Å². The summed E-state index contributed by atoms with van der Waals surface area (Å²) in [6.45, 7) is 24.9. The van der Waals surface area contributed by atoms with Gasteiger partial charge in [-0.1, -0.05) is 336 Å². The lowest BCUT2D eigenvalue weighted by Crippen LogP contribution is -2.61. The molecule has 4 aromatic heterocycles. The third-order valence-corrected chi connectivity index (χ3v) is 37.9. The maximum atomic E-state index is 7.17.